The minimum atomic E-state index is -0.334. The number of nitrogens with one attached hydrogen (secondary N) is 1. The minimum Gasteiger partial charge on any atom is -0.336 e. The summed E-state index contributed by atoms with van der Waals surface area (Å²) in [5.74, 6) is -0.302. The van der Waals surface area contributed by atoms with Crippen molar-refractivity contribution in [1.29, 1.82) is 0 Å². The molecule has 3 heterocycles. The number of amides is 1. The summed E-state index contributed by atoms with van der Waals surface area (Å²) >= 11 is 0. The molecule has 5 rings (SSSR count). The van der Waals surface area contributed by atoms with Crippen molar-refractivity contribution in [2.24, 2.45) is 0 Å². The van der Waals surface area contributed by atoms with E-state index in [4.69, 9.17) is 0 Å². The van der Waals surface area contributed by atoms with Crippen LogP contribution in [0.4, 0.5) is 4.39 Å². The van der Waals surface area contributed by atoms with Gasteiger partial charge in [-0.05, 0) is 36.9 Å². The second-order valence-electron chi connectivity index (χ2n) is 8.24. The summed E-state index contributed by atoms with van der Waals surface area (Å²) in [5, 5.41) is 0. The first-order valence-electron chi connectivity index (χ1n) is 10.8. The molecule has 0 unspecified atom stereocenters. The molecule has 1 fully saturated rings. The highest BCUT2D eigenvalue weighted by molar-refractivity contribution is 5.94. The third-order valence-electron chi connectivity index (χ3n) is 5.95. The van der Waals surface area contributed by atoms with Crippen molar-refractivity contribution < 1.29 is 9.18 Å². The van der Waals surface area contributed by atoms with Crippen molar-refractivity contribution in [3.05, 3.63) is 82.2 Å². The van der Waals surface area contributed by atoms with E-state index in [0.717, 1.165) is 37.3 Å². The molecule has 0 saturated carbocycles. The molecule has 0 radical (unpaired) electrons. The van der Waals surface area contributed by atoms with E-state index in [0.29, 0.717) is 22.6 Å². The Balaban J connectivity index is 1.37. The SMILES string of the molecule is CN1CCN(C(=O)c2ccc(-c3cnc4c(n3)[nH]c(=O)n4Cc3ccc(F)cc3)cc2)CC1. The molecule has 1 aliphatic heterocycles. The molecule has 0 atom stereocenters. The summed E-state index contributed by atoms with van der Waals surface area (Å²) in [4.78, 5) is 41.0. The molecule has 1 saturated heterocycles. The maximum atomic E-state index is 13.2. The Labute approximate surface area is 189 Å². The van der Waals surface area contributed by atoms with Gasteiger partial charge in [-0.15, -0.1) is 0 Å². The molecule has 1 aliphatic rings. The highest BCUT2D eigenvalue weighted by Gasteiger charge is 2.20. The number of piperazine rings is 1. The summed E-state index contributed by atoms with van der Waals surface area (Å²) in [6.45, 7) is 3.45. The lowest BCUT2D eigenvalue weighted by Gasteiger charge is -2.32. The topological polar surface area (TPSA) is 87.1 Å². The molecule has 168 valence electrons. The van der Waals surface area contributed by atoms with Crippen molar-refractivity contribution in [3.8, 4) is 11.3 Å². The van der Waals surface area contributed by atoms with Crippen LogP contribution in [0.2, 0.25) is 0 Å². The summed E-state index contributed by atoms with van der Waals surface area (Å²) in [6.07, 6.45) is 1.61. The molecule has 0 spiro atoms. The monoisotopic (exact) mass is 446 g/mol. The lowest BCUT2D eigenvalue weighted by Crippen LogP contribution is -2.47. The van der Waals surface area contributed by atoms with E-state index < -0.39 is 0 Å². The van der Waals surface area contributed by atoms with E-state index in [-0.39, 0.29) is 24.0 Å². The van der Waals surface area contributed by atoms with Crippen molar-refractivity contribution in [2.75, 3.05) is 33.2 Å². The Morgan fingerprint density at radius 1 is 1.03 bits per heavy atom. The van der Waals surface area contributed by atoms with Crippen LogP contribution in [0, 0.1) is 5.82 Å². The van der Waals surface area contributed by atoms with Gasteiger partial charge in [-0.25, -0.2) is 19.2 Å². The zero-order chi connectivity index (χ0) is 22.9. The van der Waals surface area contributed by atoms with Gasteiger partial charge in [-0.1, -0.05) is 24.3 Å². The molecule has 4 aromatic rings. The predicted molar refractivity (Wildman–Crippen MR) is 122 cm³/mol. The normalized spacial score (nSPS) is 14.7. The average Bonchev–Trinajstić information content (AvgIpc) is 3.14. The van der Waals surface area contributed by atoms with E-state index in [1.54, 1.807) is 30.5 Å². The Morgan fingerprint density at radius 2 is 1.73 bits per heavy atom. The fourth-order valence-electron chi connectivity index (χ4n) is 3.96. The number of hydrogen-bond acceptors (Lipinski definition) is 5. The van der Waals surface area contributed by atoms with Crippen LogP contribution in [-0.4, -0.2) is 68.5 Å². The lowest BCUT2D eigenvalue weighted by atomic mass is 10.1. The highest BCUT2D eigenvalue weighted by Crippen LogP contribution is 2.20. The molecule has 33 heavy (non-hydrogen) atoms. The molecule has 2 aromatic heterocycles. The first kappa shape index (κ1) is 21.0. The second-order valence-corrected chi connectivity index (χ2v) is 8.24. The standard InChI is InChI=1S/C24H23FN6O2/c1-29-10-12-30(13-11-29)23(32)18-6-4-17(5-7-18)20-14-26-22-21(27-20)28-24(33)31(22)15-16-2-8-19(25)9-3-16/h2-9,14H,10-13,15H2,1H3,(H,27,28,33). The number of rotatable bonds is 4. The molecule has 0 bridgehead atoms. The third-order valence-corrected chi connectivity index (χ3v) is 5.95. The minimum absolute atomic E-state index is 0.0263. The Bertz CT molecular complexity index is 1350. The summed E-state index contributed by atoms with van der Waals surface area (Å²) in [5.41, 5.74) is 3.27. The molecule has 1 amide bonds. The Kier molecular flexibility index (Phi) is 5.47. The number of carbonyl (C=O) groups is 1. The van der Waals surface area contributed by atoms with Gasteiger partial charge in [-0.3, -0.25) is 14.3 Å². The molecule has 9 heteroatoms. The van der Waals surface area contributed by atoms with Gasteiger partial charge < -0.3 is 9.80 Å². The van der Waals surface area contributed by atoms with Crippen LogP contribution in [0.25, 0.3) is 22.6 Å². The first-order chi connectivity index (χ1) is 16.0. The number of aromatic amines is 1. The number of hydrogen-bond donors (Lipinski definition) is 1. The summed E-state index contributed by atoms with van der Waals surface area (Å²) in [7, 11) is 2.05. The Hall–Kier alpha value is -3.85. The first-order valence-corrected chi connectivity index (χ1v) is 10.8. The maximum absolute atomic E-state index is 13.2. The third kappa shape index (κ3) is 4.27. The lowest BCUT2D eigenvalue weighted by molar-refractivity contribution is 0.0664. The zero-order valence-corrected chi connectivity index (χ0v) is 18.2. The molecule has 0 aliphatic carbocycles. The van der Waals surface area contributed by atoms with E-state index in [1.165, 1.54) is 16.7 Å². The quantitative estimate of drug-likeness (QED) is 0.520. The van der Waals surface area contributed by atoms with Crippen molar-refractivity contribution in [2.45, 2.75) is 6.54 Å². The van der Waals surface area contributed by atoms with E-state index in [9.17, 15) is 14.0 Å². The van der Waals surface area contributed by atoms with Crippen LogP contribution in [0.3, 0.4) is 0 Å². The number of halogens is 1. The molecule has 8 nitrogen and oxygen atoms in total. The zero-order valence-electron chi connectivity index (χ0n) is 18.2. The van der Waals surface area contributed by atoms with Gasteiger partial charge in [0.2, 0.25) is 0 Å². The van der Waals surface area contributed by atoms with E-state index in [2.05, 4.69) is 26.9 Å². The fourth-order valence-corrected chi connectivity index (χ4v) is 3.96. The number of imidazole rings is 1. The van der Waals surface area contributed by atoms with Gasteiger partial charge in [0, 0.05) is 37.3 Å². The van der Waals surface area contributed by atoms with Crippen molar-refractivity contribution in [3.63, 3.8) is 0 Å². The molecular weight excluding hydrogens is 423 g/mol. The van der Waals surface area contributed by atoms with Gasteiger partial charge >= 0.3 is 5.69 Å². The number of likely N-dealkylation sites (N-methyl/N-ethyl adjacent to an activating group) is 1. The maximum Gasteiger partial charge on any atom is 0.329 e. The predicted octanol–water partition coefficient (Wildman–Crippen LogP) is 2.36. The van der Waals surface area contributed by atoms with Gasteiger partial charge in [0.05, 0.1) is 18.4 Å². The summed E-state index contributed by atoms with van der Waals surface area (Å²) < 4.78 is 14.6. The molecule has 1 N–H and O–H groups in total. The largest absolute Gasteiger partial charge is 0.336 e. The van der Waals surface area contributed by atoms with Gasteiger partial charge in [0.15, 0.2) is 11.3 Å². The van der Waals surface area contributed by atoms with Crippen LogP contribution in [-0.2, 0) is 6.54 Å². The van der Waals surface area contributed by atoms with Gasteiger partial charge in [0.1, 0.15) is 5.82 Å². The van der Waals surface area contributed by atoms with E-state index in [1.807, 2.05) is 17.0 Å². The van der Waals surface area contributed by atoms with Crippen LogP contribution in [0.15, 0.2) is 59.5 Å². The van der Waals surface area contributed by atoms with Crippen LogP contribution < -0.4 is 5.69 Å². The number of aromatic nitrogens is 4. The van der Waals surface area contributed by atoms with E-state index >= 15 is 0 Å². The number of carbonyl (C=O) groups excluding carboxylic acids is 1. The average molecular weight is 446 g/mol. The molecule has 2 aromatic carbocycles. The van der Waals surface area contributed by atoms with Crippen LogP contribution >= 0.6 is 0 Å². The van der Waals surface area contributed by atoms with Crippen LogP contribution in [0.1, 0.15) is 15.9 Å². The van der Waals surface area contributed by atoms with Gasteiger partial charge in [-0.2, -0.15) is 0 Å². The van der Waals surface area contributed by atoms with Crippen LogP contribution in [0.5, 0.6) is 0 Å². The number of nitrogens with zero attached hydrogens (tertiary/aromatic N) is 5. The number of benzene rings is 2. The van der Waals surface area contributed by atoms with Crippen molar-refractivity contribution in [1.82, 2.24) is 29.3 Å². The fraction of sp³-hybridized carbons (Fsp3) is 0.250. The number of H-pyrrole nitrogens is 1. The van der Waals surface area contributed by atoms with Crippen molar-refractivity contribution >= 4 is 17.2 Å². The number of fused-ring (bicyclic) bond motifs is 1. The highest BCUT2D eigenvalue weighted by atomic mass is 19.1. The van der Waals surface area contributed by atoms with Gasteiger partial charge in [0.25, 0.3) is 5.91 Å². The Morgan fingerprint density at radius 3 is 2.42 bits per heavy atom. The summed E-state index contributed by atoms with van der Waals surface area (Å²) in [6, 6.07) is 13.3. The second kappa shape index (κ2) is 8.59. The smallest absolute Gasteiger partial charge is 0.329 e. The molecular formula is C24H23FN6O2.